The molecule has 7 atom stereocenters. The molecule has 0 aliphatic heterocycles. The average Bonchev–Trinajstić information content (AvgIpc) is 2.92. The van der Waals surface area contributed by atoms with Gasteiger partial charge in [0.1, 0.15) is 6.61 Å². The number of carbonyl (C=O) groups is 3. The van der Waals surface area contributed by atoms with Crippen molar-refractivity contribution in [2.45, 2.75) is 59.8 Å². The zero-order valence-corrected chi connectivity index (χ0v) is 18.6. The molecule has 4 nitrogen and oxygen atoms in total. The standard InChI is InChI=1S/C24H31ClO4/c1-13-9-18-16-11-20(25)19-10-15(27)5-7-23(19,3)17(16)6-8-24(18,4)22(13)21(28)12-29-14(2)26/h10-11,13,16-18,22H,5-9,12H2,1-4H3/t13-,16-,17+,18+,22-,23-,24+/m1/s1. The first-order valence-corrected chi connectivity index (χ1v) is 11.2. The minimum atomic E-state index is -0.407. The van der Waals surface area contributed by atoms with Crippen LogP contribution in [0.25, 0.3) is 0 Å². The number of ketones is 2. The first kappa shape index (κ1) is 20.8. The van der Waals surface area contributed by atoms with Crippen molar-refractivity contribution in [3.05, 3.63) is 22.8 Å². The molecular formula is C24H31ClO4. The number of allylic oxidation sites excluding steroid dienone is 4. The van der Waals surface area contributed by atoms with Gasteiger partial charge in [0, 0.05) is 24.3 Å². The topological polar surface area (TPSA) is 60.4 Å². The summed E-state index contributed by atoms with van der Waals surface area (Å²) in [5, 5.41) is 0.730. The fourth-order valence-corrected chi connectivity index (χ4v) is 7.80. The van der Waals surface area contributed by atoms with Crippen LogP contribution in [0, 0.1) is 40.4 Å². The van der Waals surface area contributed by atoms with Gasteiger partial charge < -0.3 is 4.74 Å². The molecule has 2 saturated carbocycles. The lowest BCUT2D eigenvalue weighted by atomic mass is 9.48. The summed E-state index contributed by atoms with van der Waals surface area (Å²) in [6.45, 7) is 7.92. The predicted octanol–water partition coefficient (Wildman–Crippen LogP) is 4.86. The molecule has 0 bridgehead atoms. The van der Waals surface area contributed by atoms with Crippen molar-refractivity contribution < 1.29 is 19.1 Å². The molecule has 5 heteroatoms. The molecule has 0 unspecified atom stereocenters. The Morgan fingerprint density at radius 1 is 1.24 bits per heavy atom. The van der Waals surface area contributed by atoms with E-state index >= 15 is 0 Å². The van der Waals surface area contributed by atoms with Gasteiger partial charge in [-0.15, -0.1) is 0 Å². The van der Waals surface area contributed by atoms with E-state index < -0.39 is 5.97 Å². The highest BCUT2D eigenvalue weighted by Crippen LogP contribution is 2.67. The maximum absolute atomic E-state index is 13.0. The molecule has 2 fully saturated rings. The Bertz CT molecular complexity index is 827. The Hall–Kier alpha value is -1.42. The molecule has 4 rings (SSSR count). The second-order valence-corrected chi connectivity index (χ2v) is 10.6. The van der Waals surface area contributed by atoms with Crippen molar-refractivity contribution in [3.63, 3.8) is 0 Å². The number of hydrogen-bond acceptors (Lipinski definition) is 4. The lowest BCUT2D eigenvalue weighted by Crippen LogP contribution is -2.50. The number of hydrogen-bond donors (Lipinski definition) is 0. The van der Waals surface area contributed by atoms with Gasteiger partial charge in [0.2, 0.25) is 0 Å². The van der Waals surface area contributed by atoms with Gasteiger partial charge in [-0.1, -0.05) is 38.4 Å². The SMILES string of the molecule is CC(=O)OCC(=O)[C@H]1[C@H](C)C[C@H]2[C@@H]3C=C(Cl)C4=CC(=O)CC[C@]4(C)[C@H]3CC[C@@]21C. The first-order valence-electron chi connectivity index (χ1n) is 10.9. The molecule has 0 aromatic rings. The third-order valence-electron chi connectivity index (χ3n) is 8.67. The number of Topliss-reactive ketones (excluding diaryl/α,β-unsaturated/α-hetero) is 1. The van der Waals surface area contributed by atoms with E-state index in [4.69, 9.17) is 16.3 Å². The van der Waals surface area contributed by atoms with Gasteiger partial charge in [-0.05, 0) is 71.8 Å². The molecule has 0 amide bonds. The molecule has 0 aromatic heterocycles. The van der Waals surface area contributed by atoms with Gasteiger partial charge in [-0.25, -0.2) is 0 Å². The van der Waals surface area contributed by atoms with Crippen LogP contribution < -0.4 is 0 Å². The van der Waals surface area contributed by atoms with E-state index in [1.165, 1.54) is 6.92 Å². The zero-order chi connectivity index (χ0) is 21.1. The molecule has 0 heterocycles. The molecule has 4 aliphatic carbocycles. The van der Waals surface area contributed by atoms with E-state index in [-0.39, 0.29) is 40.8 Å². The summed E-state index contributed by atoms with van der Waals surface area (Å²) in [4.78, 5) is 36.2. The van der Waals surface area contributed by atoms with Gasteiger partial charge in [-0.2, -0.15) is 0 Å². The van der Waals surface area contributed by atoms with Crippen LogP contribution in [0.1, 0.15) is 59.8 Å². The summed E-state index contributed by atoms with van der Waals surface area (Å²) in [5.41, 5.74) is 0.858. The summed E-state index contributed by atoms with van der Waals surface area (Å²) in [5.74, 6) is 1.16. The molecule has 0 aromatic carbocycles. The van der Waals surface area contributed by atoms with E-state index in [0.717, 1.165) is 36.3 Å². The van der Waals surface area contributed by atoms with Crippen molar-refractivity contribution >= 4 is 29.1 Å². The highest BCUT2D eigenvalue weighted by atomic mass is 35.5. The van der Waals surface area contributed by atoms with Crippen LogP contribution in [-0.2, 0) is 19.1 Å². The van der Waals surface area contributed by atoms with Gasteiger partial charge in [0.15, 0.2) is 11.6 Å². The van der Waals surface area contributed by atoms with Gasteiger partial charge in [-0.3, -0.25) is 14.4 Å². The third-order valence-corrected chi connectivity index (χ3v) is 9.00. The van der Waals surface area contributed by atoms with E-state index in [9.17, 15) is 14.4 Å². The molecule has 0 spiro atoms. The summed E-state index contributed by atoms with van der Waals surface area (Å²) >= 11 is 6.74. The first-order chi connectivity index (χ1) is 13.6. The number of esters is 1. The van der Waals surface area contributed by atoms with Gasteiger partial charge in [0.25, 0.3) is 0 Å². The van der Waals surface area contributed by atoms with Crippen LogP contribution >= 0.6 is 11.6 Å². The average molecular weight is 419 g/mol. The van der Waals surface area contributed by atoms with Crippen LogP contribution in [0.15, 0.2) is 22.8 Å². The minimum Gasteiger partial charge on any atom is -0.458 e. The van der Waals surface area contributed by atoms with Crippen LogP contribution in [0.4, 0.5) is 0 Å². The Balaban J connectivity index is 1.68. The highest BCUT2D eigenvalue weighted by Gasteiger charge is 2.61. The fraction of sp³-hybridized carbons (Fsp3) is 0.708. The van der Waals surface area contributed by atoms with Crippen molar-refractivity contribution in [1.82, 2.24) is 0 Å². The summed E-state index contributed by atoms with van der Waals surface area (Å²) in [6, 6.07) is 0. The second-order valence-electron chi connectivity index (χ2n) is 10.2. The third kappa shape index (κ3) is 3.13. The molecular weight excluding hydrogens is 388 g/mol. The molecule has 158 valence electrons. The van der Waals surface area contributed by atoms with Crippen LogP contribution in [-0.4, -0.2) is 24.1 Å². The van der Waals surface area contributed by atoms with Gasteiger partial charge >= 0.3 is 5.97 Å². The maximum Gasteiger partial charge on any atom is 0.303 e. The fourth-order valence-electron chi connectivity index (χ4n) is 7.39. The summed E-state index contributed by atoms with van der Waals surface area (Å²) < 4.78 is 5.05. The summed E-state index contributed by atoms with van der Waals surface area (Å²) in [7, 11) is 0. The van der Waals surface area contributed by atoms with Crippen molar-refractivity contribution in [2.24, 2.45) is 40.4 Å². The number of fused-ring (bicyclic) bond motifs is 5. The maximum atomic E-state index is 13.0. The summed E-state index contributed by atoms with van der Waals surface area (Å²) in [6.07, 6.45) is 8.42. The van der Waals surface area contributed by atoms with Crippen LogP contribution in [0.2, 0.25) is 0 Å². The Morgan fingerprint density at radius 3 is 2.66 bits per heavy atom. The van der Waals surface area contributed by atoms with E-state index in [2.05, 4.69) is 26.8 Å². The molecule has 4 aliphatic rings. The lowest BCUT2D eigenvalue weighted by molar-refractivity contribution is -0.149. The van der Waals surface area contributed by atoms with E-state index in [1.54, 1.807) is 6.08 Å². The Labute approximate surface area is 178 Å². The quantitative estimate of drug-likeness (QED) is 0.614. The normalized spacial score (nSPS) is 43.5. The zero-order valence-electron chi connectivity index (χ0n) is 17.8. The van der Waals surface area contributed by atoms with E-state index in [1.807, 2.05) is 0 Å². The van der Waals surface area contributed by atoms with Gasteiger partial charge in [0.05, 0.1) is 0 Å². The molecule has 29 heavy (non-hydrogen) atoms. The number of halogens is 1. The van der Waals surface area contributed by atoms with Crippen molar-refractivity contribution in [1.29, 1.82) is 0 Å². The highest BCUT2D eigenvalue weighted by molar-refractivity contribution is 6.32. The Morgan fingerprint density at radius 2 is 1.97 bits per heavy atom. The Kier molecular flexibility index (Phi) is 5.08. The monoisotopic (exact) mass is 418 g/mol. The van der Waals surface area contributed by atoms with E-state index in [0.29, 0.717) is 24.2 Å². The lowest BCUT2D eigenvalue weighted by Gasteiger charge is -2.56. The number of carbonyl (C=O) groups excluding carboxylic acids is 3. The number of ether oxygens (including phenoxy) is 1. The molecule has 0 saturated heterocycles. The number of rotatable bonds is 3. The predicted molar refractivity (Wildman–Crippen MR) is 111 cm³/mol. The van der Waals surface area contributed by atoms with Crippen molar-refractivity contribution in [2.75, 3.05) is 6.61 Å². The smallest absolute Gasteiger partial charge is 0.303 e. The largest absolute Gasteiger partial charge is 0.458 e. The van der Waals surface area contributed by atoms with Crippen LogP contribution in [0.5, 0.6) is 0 Å². The second kappa shape index (κ2) is 7.08. The van der Waals surface area contributed by atoms with Crippen LogP contribution in [0.3, 0.4) is 0 Å². The van der Waals surface area contributed by atoms with Crippen molar-refractivity contribution in [3.8, 4) is 0 Å². The molecule has 0 N–H and O–H groups in total. The minimum absolute atomic E-state index is 0.0529. The molecule has 0 radical (unpaired) electrons.